The lowest BCUT2D eigenvalue weighted by atomic mass is 10.2. The average molecular weight is 419 g/mol. The van der Waals surface area contributed by atoms with Gasteiger partial charge in [-0.25, -0.2) is 8.42 Å². The Morgan fingerprint density at radius 2 is 1.78 bits per heavy atom. The van der Waals surface area contributed by atoms with E-state index in [0.717, 1.165) is 32.7 Å². The molecule has 2 fully saturated rings. The predicted octanol–water partition coefficient (Wildman–Crippen LogP) is -0.236. The van der Waals surface area contributed by atoms with Gasteiger partial charge in [0.15, 0.2) is 0 Å². The van der Waals surface area contributed by atoms with Crippen LogP contribution in [0.25, 0.3) is 0 Å². The average Bonchev–Trinajstić information content (AvgIpc) is 2.69. The first kappa shape index (κ1) is 22.1. The lowest BCUT2D eigenvalue weighted by molar-refractivity contribution is 0.0729. The van der Waals surface area contributed by atoms with Gasteiger partial charge >= 0.3 is 0 Å². The van der Waals surface area contributed by atoms with Crippen LogP contribution in [-0.2, 0) is 14.8 Å². The summed E-state index contributed by atoms with van der Waals surface area (Å²) >= 11 is 0. The summed E-state index contributed by atoms with van der Waals surface area (Å²) in [7, 11) is -3.71. The van der Waals surface area contributed by atoms with Crippen LogP contribution in [0.4, 0.5) is 0 Å². The third-order valence-corrected chi connectivity index (χ3v) is 6.60. The molecule has 0 aromatic heterocycles. The number of sulfonamides is 1. The van der Waals surface area contributed by atoms with Gasteiger partial charge in [-0.3, -0.25) is 9.69 Å². The van der Waals surface area contributed by atoms with Crippen molar-refractivity contribution in [3.63, 3.8) is 0 Å². The van der Waals surface area contributed by atoms with Gasteiger partial charge in [-0.1, -0.05) is 12.1 Å². The number of halogens is 1. The summed E-state index contributed by atoms with van der Waals surface area (Å²) in [6.45, 7) is 6.43. The van der Waals surface area contributed by atoms with Crippen LogP contribution < -0.4 is 10.6 Å². The van der Waals surface area contributed by atoms with E-state index in [4.69, 9.17) is 4.74 Å². The molecule has 0 aliphatic carbocycles. The highest BCUT2D eigenvalue weighted by molar-refractivity contribution is 7.89. The molecule has 2 N–H and O–H groups in total. The zero-order chi connectivity index (χ0) is 18.4. The van der Waals surface area contributed by atoms with Gasteiger partial charge in [-0.2, -0.15) is 4.31 Å². The van der Waals surface area contributed by atoms with Gasteiger partial charge < -0.3 is 15.4 Å². The van der Waals surface area contributed by atoms with Crippen LogP contribution in [0.5, 0.6) is 0 Å². The molecule has 8 nitrogen and oxygen atoms in total. The number of carbonyl (C=O) groups is 1. The molecule has 0 saturated carbocycles. The molecule has 1 aromatic rings. The largest absolute Gasteiger partial charge is 0.379 e. The number of carbonyl (C=O) groups excluding carboxylic acids is 1. The van der Waals surface area contributed by atoms with Crippen molar-refractivity contribution in [2.24, 2.45) is 0 Å². The van der Waals surface area contributed by atoms with Gasteiger partial charge in [0.25, 0.3) is 5.91 Å². The first-order chi connectivity index (χ1) is 12.6. The Kier molecular flexibility index (Phi) is 8.46. The minimum atomic E-state index is -3.71. The lowest BCUT2D eigenvalue weighted by Crippen LogP contribution is -2.46. The summed E-state index contributed by atoms with van der Waals surface area (Å²) in [6, 6.07) is 6.39. The number of piperazine rings is 1. The van der Waals surface area contributed by atoms with E-state index in [-0.39, 0.29) is 28.8 Å². The molecule has 2 aliphatic rings. The number of rotatable bonds is 6. The molecule has 3 rings (SSSR count). The van der Waals surface area contributed by atoms with Gasteiger partial charge in [0.1, 0.15) is 0 Å². The number of nitrogens with one attached hydrogen (secondary N) is 2. The third-order valence-electron chi connectivity index (χ3n) is 4.64. The van der Waals surface area contributed by atoms with E-state index < -0.39 is 10.0 Å². The second kappa shape index (κ2) is 10.4. The van der Waals surface area contributed by atoms with Crippen LogP contribution in [0.3, 0.4) is 0 Å². The van der Waals surface area contributed by atoms with Crippen LogP contribution in [0.2, 0.25) is 0 Å². The van der Waals surface area contributed by atoms with Gasteiger partial charge in [0, 0.05) is 52.4 Å². The Morgan fingerprint density at radius 1 is 1.11 bits per heavy atom. The molecule has 0 spiro atoms. The maximum absolute atomic E-state index is 12.9. The van der Waals surface area contributed by atoms with Crippen molar-refractivity contribution in [3.05, 3.63) is 29.8 Å². The van der Waals surface area contributed by atoms with Crippen molar-refractivity contribution in [1.29, 1.82) is 0 Å². The molecule has 0 unspecified atom stereocenters. The fourth-order valence-electron chi connectivity index (χ4n) is 3.16. The second-order valence-corrected chi connectivity index (χ2v) is 8.27. The number of hydrogen-bond acceptors (Lipinski definition) is 6. The van der Waals surface area contributed by atoms with Crippen molar-refractivity contribution in [3.8, 4) is 0 Å². The second-order valence-electron chi connectivity index (χ2n) is 6.36. The highest BCUT2D eigenvalue weighted by Crippen LogP contribution is 2.21. The molecule has 1 amide bonds. The van der Waals surface area contributed by atoms with Crippen molar-refractivity contribution in [1.82, 2.24) is 19.8 Å². The first-order valence-corrected chi connectivity index (χ1v) is 10.4. The zero-order valence-electron chi connectivity index (χ0n) is 15.2. The highest BCUT2D eigenvalue weighted by atomic mass is 35.5. The minimum Gasteiger partial charge on any atom is -0.379 e. The summed E-state index contributed by atoms with van der Waals surface area (Å²) in [5, 5.41) is 6.14. The van der Waals surface area contributed by atoms with Gasteiger partial charge in [-0.05, 0) is 12.1 Å². The van der Waals surface area contributed by atoms with Crippen LogP contribution in [0.15, 0.2) is 29.2 Å². The minimum absolute atomic E-state index is 0. The number of benzene rings is 1. The van der Waals surface area contributed by atoms with Crippen molar-refractivity contribution < 1.29 is 17.9 Å². The monoisotopic (exact) mass is 418 g/mol. The van der Waals surface area contributed by atoms with E-state index in [0.29, 0.717) is 32.8 Å². The Balaban J connectivity index is 0.00000261. The summed E-state index contributed by atoms with van der Waals surface area (Å²) in [4.78, 5) is 14.9. The molecule has 2 heterocycles. The third kappa shape index (κ3) is 5.63. The van der Waals surface area contributed by atoms with Gasteiger partial charge in [-0.15, -0.1) is 12.4 Å². The lowest BCUT2D eigenvalue weighted by Gasteiger charge is -2.27. The van der Waals surface area contributed by atoms with Crippen LogP contribution >= 0.6 is 12.4 Å². The normalized spacial score (nSPS) is 19.3. The zero-order valence-corrected chi connectivity index (χ0v) is 16.9. The molecular weight excluding hydrogens is 392 g/mol. The van der Waals surface area contributed by atoms with E-state index in [9.17, 15) is 13.2 Å². The molecule has 0 bridgehead atoms. The Hall–Kier alpha value is -1.23. The molecule has 2 saturated heterocycles. The van der Waals surface area contributed by atoms with Crippen LogP contribution in [-0.4, -0.2) is 89.1 Å². The predicted molar refractivity (Wildman–Crippen MR) is 105 cm³/mol. The first-order valence-electron chi connectivity index (χ1n) is 8.97. The number of morpholine rings is 1. The quantitative estimate of drug-likeness (QED) is 0.663. The van der Waals surface area contributed by atoms with E-state index in [1.165, 1.54) is 10.4 Å². The molecule has 0 atom stereocenters. The standard InChI is InChI=1S/C17H26N4O4S.ClH/c22-17(19-7-10-20-8-5-18-6-9-20)15-3-1-2-4-16(15)26(23,24)21-11-13-25-14-12-21;/h1-4,18H,5-14H2,(H,19,22);1H. The molecule has 152 valence electrons. The summed E-state index contributed by atoms with van der Waals surface area (Å²) in [6.07, 6.45) is 0. The molecule has 2 aliphatic heterocycles. The Bertz CT molecular complexity index is 719. The maximum atomic E-state index is 12.9. The van der Waals surface area contributed by atoms with Gasteiger partial charge in [0.2, 0.25) is 10.0 Å². The van der Waals surface area contributed by atoms with Gasteiger partial charge in [0.05, 0.1) is 23.7 Å². The van der Waals surface area contributed by atoms with Crippen LogP contribution in [0, 0.1) is 0 Å². The van der Waals surface area contributed by atoms with Crippen molar-refractivity contribution in [2.75, 3.05) is 65.6 Å². The van der Waals surface area contributed by atoms with E-state index in [2.05, 4.69) is 15.5 Å². The van der Waals surface area contributed by atoms with E-state index in [1.807, 2.05) is 0 Å². The maximum Gasteiger partial charge on any atom is 0.252 e. The fourth-order valence-corrected chi connectivity index (χ4v) is 4.76. The number of nitrogens with zero attached hydrogens (tertiary/aromatic N) is 2. The molecule has 0 radical (unpaired) electrons. The summed E-state index contributed by atoms with van der Waals surface area (Å²) < 4.78 is 32.4. The fraction of sp³-hybridized carbons (Fsp3) is 0.588. The van der Waals surface area contributed by atoms with Crippen molar-refractivity contribution in [2.45, 2.75) is 4.90 Å². The molecule has 10 heteroatoms. The van der Waals surface area contributed by atoms with E-state index in [1.54, 1.807) is 18.2 Å². The summed E-state index contributed by atoms with van der Waals surface area (Å²) in [5.41, 5.74) is 0.194. The highest BCUT2D eigenvalue weighted by Gasteiger charge is 2.30. The SMILES string of the molecule is Cl.O=C(NCCN1CCNCC1)c1ccccc1S(=O)(=O)N1CCOCC1. The number of ether oxygens (including phenoxy) is 1. The smallest absolute Gasteiger partial charge is 0.252 e. The molecule has 27 heavy (non-hydrogen) atoms. The molecular formula is C17H27ClN4O4S. The summed E-state index contributed by atoms with van der Waals surface area (Å²) in [5.74, 6) is -0.354. The molecule has 1 aromatic carbocycles. The number of hydrogen-bond donors (Lipinski definition) is 2. The number of amides is 1. The van der Waals surface area contributed by atoms with E-state index >= 15 is 0 Å². The van der Waals surface area contributed by atoms with Crippen molar-refractivity contribution >= 4 is 28.3 Å². The van der Waals surface area contributed by atoms with Crippen LogP contribution in [0.1, 0.15) is 10.4 Å². The Morgan fingerprint density at radius 3 is 2.48 bits per heavy atom. The topological polar surface area (TPSA) is 91.0 Å². The Labute approximate surface area is 166 Å².